The Bertz CT molecular complexity index is 86.5. The van der Waals surface area contributed by atoms with Crippen molar-refractivity contribution in [3.8, 4) is 0 Å². The first kappa shape index (κ1) is 7.63. The van der Waals surface area contributed by atoms with Gasteiger partial charge in [-0.05, 0) is 27.9 Å². The van der Waals surface area contributed by atoms with Gasteiger partial charge in [-0.15, -0.1) is 0 Å². The number of hydrogen-bond donors (Lipinski definition) is 1. The number of nitrogens with zero attached hydrogens (tertiary/aromatic N) is 1. The normalized spacial score (nSPS) is 14.1. The topological polar surface area (TPSA) is 27.1 Å². The van der Waals surface area contributed by atoms with Crippen molar-refractivity contribution >= 4 is 5.71 Å². The van der Waals surface area contributed by atoms with Crippen molar-refractivity contribution < 1.29 is 0 Å². The van der Waals surface area contributed by atoms with Crippen LogP contribution in [0.3, 0.4) is 0 Å². The first-order valence-corrected chi connectivity index (χ1v) is 2.77. The Labute approximate surface area is 51.0 Å². The molecule has 0 aromatic rings. The molecule has 0 heterocycles. The number of nitrogens with one attached hydrogen (secondary N) is 1. The molecule has 1 N–H and O–H groups in total. The highest BCUT2D eigenvalue weighted by Gasteiger charge is 2.03. The van der Waals surface area contributed by atoms with Crippen molar-refractivity contribution in [1.29, 1.82) is 5.41 Å². The summed E-state index contributed by atoms with van der Waals surface area (Å²) >= 11 is 0. The van der Waals surface area contributed by atoms with Crippen LogP contribution in [0.1, 0.15) is 13.8 Å². The third-order valence-corrected chi connectivity index (χ3v) is 1.40. The van der Waals surface area contributed by atoms with Gasteiger partial charge in [0, 0.05) is 11.8 Å². The molecule has 8 heavy (non-hydrogen) atoms. The second-order valence-electron chi connectivity index (χ2n) is 2.32. The van der Waals surface area contributed by atoms with Crippen LogP contribution < -0.4 is 0 Å². The molecule has 0 saturated carbocycles. The Morgan fingerprint density at radius 2 is 1.88 bits per heavy atom. The third kappa shape index (κ3) is 2.07. The predicted molar refractivity (Wildman–Crippen MR) is 36.5 cm³/mol. The van der Waals surface area contributed by atoms with E-state index in [0.717, 1.165) is 5.71 Å². The van der Waals surface area contributed by atoms with Crippen LogP contribution in [0.15, 0.2) is 0 Å². The van der Waals surface area contributed by atoms with E-state index in [-0.39, 0.29) is 6.04 Å². The van der Waals surface area contributed by atoms with Crippen LogP contribution in [0.2, 0.25) is 0 Å². The van der Waals surface area contributed by atoms with Gasteiger partial charge in [0.15, 0.2) is 0 Å². The minimum atomic E-state index is 0.287. The molecule has 1 atom stereocenters. The minimum Gasteiger partial charge on any atom is -0.308 e. The highest BCUT2D eigenvalue weighted by molar-refractivity contribution is 5.83. The summed E-state index contributed by atoms with van der Waals surface area (Å²) in [7, 11) is 3.95. The second-order valence-corrected chi connectivity index (χ2v) is 2.32. The van der Waals surface area contributed by atoms with Crippen LogP contribution in [-0.2, 0) is 0 Å². The van der Waals surface area contributed by atoms with E-state index in [1.54, 1.807) is 0 Å². The molecule has 48 valence electrons. The number of hydrogen-bond acceptors (Lipinski definition) is 2. The SMILES string of the molecule is CC(=N)C(C)N(C)C. The van der Waals surface area contributed by atoms with Gasteiger partial charge in [-0.1, -0.05) is 0 Å². The first-order chi connectivity index (χ1) is 3.55. The van der Waals surface area contributed by atoms with E-state index in [1.165, 1.54) is 0 Å². The van der Waals surface area contributed by atoms with Gasteiger partial charge >= 0.3 is 0 Å². The van der Waals surface area contributed by atoms with E-state index in [2.05, 4.69) is 0 Å². The molecule has 0 aromatic heterocycles. The van der Waals surface area contributed by atoms with E-state index >= 15 is 0 Å². The van der Waals surface area contributed by atoms with Crippen molar-refractivity contribution in [3.05, 3.63) is 0 Å². The fraction of sp³-hybridized carbons (Fsp3) is 0.833. The van der Waals surface area contributed by atoms with Crippen LogP contribution in [-0.4, -0.2) is 30.7 Å². The van der Waals surface area contributed by atoms with Gasteiger partial charge < -0.3 is 10.3 Å². The van der Waals surface area contributed by atoms with Crippen molar-refractivity contribution in [2.45, 2.75) is 19.9 Å². The molecule has 0 aromatic carbocycles. The van der Waals surface area contributed by atoms with E-state index in [0.29, 0.717) is 0 Å². The van der Waals surface area contributed by atoms with E-state index < -0.39 is 0 Å². The van der Waals surface area contributed by atoms with Crippen molar-refractivity contribution in [1.82, 2.24) is 4.90 Å². The highest BCUT2D eigenvalue weighted by Crippen LogP contribution is 1.90. The van der Waals surface area contributed by atoms with Crippen LogP contribution in [0.5, 0.6) is 0 Å². The summed E-state index contributed by atoms with van der Waals surface area (Å²) in [6.45, 7) is 3.84. The Kier molecular flexibility index (Phi) is 2.69. The van der Waals surface area contributed by atoms with Gasteiger partial charge in [0.05, 0.1) is 0 Å². The molecule has 0 bridgehead atoms. The molecule has 0 saturated heterocycles. The lowest BCUT2D eigenvalue weighted by atomic mass is 10.2. The summed E-state index contributed by atoms with van der Waals surface area (Å²) in [6, 6.07) is 0.287. The molecule has 0 spiro atoms. The summed E-state index contributed by atoms with van der Waals surface area (Å²) in [5.41, 5.74) is 0.718. The fourth-order valence-corrected chi connectivity index (χ4v) is 0.387. The lowest BCUT2D eigenvalue weighted by Gasteiger charge is -2.17. The maximum Gasteiger partial charge on any atom is 0.0437 e. The molecule has 0 fully saturated rings. The fourth-order valence-electron chi connectivity index (χ4n) is 0.387. The van der Waals surface area contributed by atoms with Crippen LogP contribution in [0, 0.1) is 5.41 Å². The molecular formula is C6H14N2. The highest BCUT2D eigenvalue weighted by atomic mass is 15.1. The largest absolute Gasteiger partial charge is 0.308 e. The van der Waals surface area contributed by atoms with Crippen molar-refractivity contribution in [2.75, 3.05) is 14.1 Å². The van der Waals surface area contributed by atoms with Crippen LogP contribution >= 0.6 is 0 Å². The molecular weight excluding hydrogens is 100 g/mol. The molecule has 0 rings (SSSR count). The van der Waals surface area contributed by atoms with Gasteiger partial charge in [-0.3, -0.25) is 0 Å². The molecule has 0 aliphatic heterocycles. The second kappa shape index (κ2) is 2.82. The molecule has 2 heteroatoms. The van der Waals surface area contributed by atoms with Gasteiger partial charge in [-0.25, -0.2) is 0 Å². The lowest BCUT2D eigenvalue weighted by molar-refractivity contribution is 0.380. The molecule has 0 aliphatic carbocycles. The van der Waals surface area contributed by atoms with Crippen LogP contribution in [0.25, 0.3) is 0 Å². The molecule has 1 unspecified atom stereocenters. The summed E-state index contributed by atoms with van der Waals surface area (Å²) in [5.74, 6) is 0. The third-order valence-electron chi connectivity index (χ3n) is 1.40. The molecule has 0 radical (unpaired) electrons. The Balaban J connectivity index is 3.64. The van der Waals surface area contributed by atoms with E-state index in [1.807, 2.05) is 32.8 Å². The van der Waals surface area contributed by atoms with Crippen molar-refractivity contribution in [3.63, 3.8) is 0 Å². The summed E-state index contributed by atoms with van der Waals surface area (Å²) < 4.78 is 0. The van der Waals surface area contributed by atoms with Gasteiger partial charge in [0.1, 0.15) is 0 Å². The zero-order valence-electron chi connectivity index (χ0n) is 6.02. The lowest BCUT2D eigenvalue weighted by Crippen LogP contribution is -2.30. The zero-order valence-corrected chi connectivity index (χ0v) is 6.02. The van der Waals surface area contributed by atoms with Gasteiger partial charge in [0.25, 0.3) is 0 Å². The average molecular weight is 114 g/mol. The zero-order chi connectivity index (χ0) is 6.73. The standard InChI is InChI=1S/C6H14N2/c1-5(7)6(2)8(3)4/h6-7H,1-4H3. The van der Waals surface area contributed by atoms with Gasteiger partial charge in [0.2, 0.25) is 0 Å². The van der Waals surface area contributed by atoms with Crippen molar-refractivity contribution in [2.24, 2.45) is 0 Å². The summed E-state index contributed by atoms with van der Waals surface area (Å²) in [6.07, 6.45) is 0. The smallest absolute Gasteiger partial charge is 0.0437 e. The number of rotatable bonds is 2. The van der Waals surface area contributed by atoms with E-state index in [9.17, 15) is 0 Å². The molecule has 2 nitrogen and oxygen atoms in total. The Morgan fingerprint density at radius 1 is 1.50 bits per heavy atom. The predicted octanol–water partition coefficient (Wildman–Crippen LogP) is 0.976. The summed E-state index contributed by atoms with van der Waals surface area (Å²) in [5, 5.41) is 7.19. The maximum atomic E-state index is 7.19. The monoisotopic (exact) mass is 114 g/mol. The average Bonchev–Trinajstić information content (AvgIpc) is 1.64. The molecule has 0 amide bonds. The maximum absolute atomic E-state index is 7.19. The first-order valence-electron chi connectivity index (χ1n) is 2.77. The van der Waals surface area contributed by atoms with E-state index in [4.69, 9.17) is 5.41 Å². The molecule has 0 aliphatic rings. The quantitative estimate of drug-likeness (QED) is 0.532. The minimum absolute atomic E-state index is 0.287. The summed E-state index contributed by atoms with van der Waals surface area (Å²) in [4.78, 5) is 2.02. The Hall–Kier alpha value is -0.370. The van der Waals surface area contributed by atoms with Crippen LogP contribution in [0.4, 0.5) is 0 Å². The Morgan fingerprint density at radius 3 is 1.88 bits per heavy atom. The van der Waals surface area contributed by atoms with Gasteiger partial charge in [-0.2, -0.15) is 0 Å².